The topological polar surface area (TPSA) is 76.8 Å². The van der Waals surface area contributed by atoms with Gasteiger partial charge in [-0.15, -0.1) is 10.2 Å². The van der Waals surface area contributed by atoms with Crippen LogP contribution >= 0.6 is 0 Å². The van der Waals surface area contributed by atoms with Crippen LogP contribution in [0, 0.1) is 0 Å². The fraction of sp³-hybridized carbons (Fsp3) is 0.0870. The number of pyridine rings is 1. The molecule has 5 aromatic rings. The van der Waals surface area contributed by atoms with Crippen LogP contribution < -0.4 is 0 Å². The van der Waals surface area contributed by atoms with Gasteiger partial charge in [-0.1, -0.05) is 24.3 Å². The zero-order chi connectivity index (χ0) is 20.5. The highest BCUT2D eigenvalue weighted by molar-refractivity contribution is 6.05. The van der Waals surface area contributed by atoms with Crippen LogP contribution in [0.2, 0.25) is 0 Å². The van der Waals surface area contributed by atoms with E-state index in [4.69, 9.17) is 0 Å². The molecule has 0 spiro atoms. The zero-order valence-corrected chi connectivity index (χ0v) is 16.3. The van der Waals surface area contributed by atoms with Crippen molar-refractivity contribution in [1.82, 2.24) is 29.6 Å². The highest BCUT2D eigenvalue weighted by Crippen LogP contribution is 2.25. The van der Waals surface area contributed by atoms with Crippen molar-refractivity contribution in [3.8, 4) is 5.69 Å². The number of carbonyl (C=O) groups excluding carboxylic acids is 1. The Bertz CT molecular complexity index is 1350. The zero-order valence-electron chi connectivity index (χ0n) is 16.3. The van der Waals surface area contributed by atoms with Crippen LogP contribution in [0.3, 0.4) is 0 Å². The number of nitrogens with zero attached hydrogens (tertiary/aromatic N) is 6. The lowest BCUT2D eigenvalue weighted by Gasteiger charge is -2.17. The van der Waals surface area contributed by atoms with Crippen molar-refractivity contribution in [1.29, 1.82) is 0 Å². The smallest absolute Gasteiger partial charge is 0.253 e. The molecule has 0 radical (unpaired) electrons. The summed E-state index contributed by atoms with van der Waals surface area (Å²) in [5, 5.41) is 9.34. The molecule has 7 heteroatoms. The number of carbonyl (C=O) groups is 1. The first-order valence-corrected chi connectivity index (χ1v) is 9.55. The Balaban J connectivity index is 1.58. The maximum absolute atomic E-state index is 13.1. The summed E-state index contributed by atoms with van der Waals surface area (Å²) in [4.78, 5) is 23.4. The number of aromatic nitrogens is 5. The average molecular weight is 394 g/mol. The van der Waals surface area contributed by atoms with E-state index in [0.29, 0.717) is 23.3 Å². The maximum atomic E-state index is 13.1. The number of hydrogen-bond donors (Lipinski definition) is 0. The second-order valence-electron chi connectivity index (χ2n) is 7.04. The van der Waals surface area contributed by atoms with E-state index in [2.05, 4.69) is 20.2 Å². The van der Waals surface area contributed by atoms with E-state index in [1.54, 1.807) is 30.5 Å². The molecular weight excluding hydrogens is 376 g/mol. The second kappa shape index (κ2) is 7.36. The fourth-order valence-electron chi connectivity index (χ4n) is 3.52. The quantitative estimate of drug-likeness (QED) is 0.465. The molecule has 0 unspecified atom stereocenters. The lowest BCUT2D eigenvalue weighted by Crippen LogP contribution is -2.26. The lowest BCUT2D eigenvalue weighted by atomic mass is 10.1. The van der Waals surface area contributed by atoms with E-state index < -0.39 is 0 Å². The summed E-state index contributed by atoms with van der Waals surface area (Å²) in [5.74, 6) is -0.0849. The van der Waals surface area contributed by atoms with Crippen LogP contribution in [0.4, 0.5) is 0 Å². The Kier molecular flexibility index (Phi) is 4.40. The lowest BCUT2D eigenvalue weighted by molar-refractivity contribution is 0.0783. The van der Waals surface area contributed by atoms with Gasteiger partial charge in [-0.25, -0.2) is 4.98 Å². The Labute approximate surface area is 172 Å². The molecule has 0 bridgehead atoms. The molecule has 0 atom stereocenters. The fourth-order valence-corrected chi connectivity index (χ4v) is 3.52. The molecule has 0 saturated carbocycles. The third kappa shape index (κ3) is 3.16. The van der Waals surface area contributed by atoms with Crippen LogP contribution in [0.15, 0.2) is 79.3 Å². The molecule has 1 amide bonds. The number of imidazole rings is 1. The molecule has 0 N–H and O–H groups in total. The highest BCUT2D eigenvalue weighted by atomic mass is 16.2. The number of hydrogen-bond acceptors (Lipinski definition) is 5. The number of fused-ring (bicyclic) bond motifs is 3. The molecule has 0 aliphatic rings. The largest absolute Gasteiger partial charge is 0.336 e. The van der Waals surface area contributed by atoms with Crippen molar-refractivity contribution in [2.75, 3.05) is 7.05 Å². The van der Waals surface area contributed by atoms with E-state index in [-0.39, 0.29) is 5.91 Å². The minimum Gasteiger partial charge on any atom is -0.336 e. The van der Waals surface area contributed by atoms with Gasteiger partial charge in [-0.05, 0) is 42.5 Å². The Morgan fingerprint density at radius 2 is 1.80 bits per heavy atom. The minimum atomic E-state index is -0.0849. The summed E-state index contributed by atoms with van der Waals surface area (Å²) in [6, 6.07) is 21.1. The molecule has 30 heavy (non-hydrogen) atoms. The molecule has 0 aliphatic heterocycles. The first-order valence-electron chi connectivity index (χ1n) is 9.55. The van der Waals surface area contributed by atoms with Crippen molar-refractivity contribution in [2.45, 2.75) is 6.54 Å². The maximum Gasteiger partial charge on any atom is 0.253 e. The van der Waals surface area contributed by atoms with E-state index in [9.17, 15) is 4.79 Å². The van der Waals surface area contributed by atoms with Gasteiger partial charge in [0.1, 0.15) is 11.8 Å². The van der Waals surface area contributed by atoms with Gasteiger partial charge in [0.05, 0.1) is 17.8 Å². The summed E-state index contributed by atoms with van der Waals surface area (Å²) in [7, 11) is 1.77. The molecule has 5 rings (SSSR count). The standard InChI is InChI=1S/C23H18N6O/c1-28(14-17-7-5-6-12-24-17)23(30)16-10-11-20-19(13-16)21-22(27-26-20)25-15-29(21)18-8-3-2-4-9-18/h2-13,15H,14H2,1H3. The van der Waals surface area contributed by atoms with Gasteiger partial charge in [-0.2, -0.15) is 0 Å². The van der Waals surface area contributed by atoms with E-state index in [0.717, 1.165) is 22.3 Å². The SMILES string of the molecule is CN(Cc1ccccn1)C(=O)c1ccc2nnc3ncn(-c4ccccc4)c3c2c1. The van der Waals surface area contributed by atoms with Crippen LogP contribution in [0.1, 0.15) is 16.1 Å². The molecule has 0 saturated heterocycles. The van der Waals surface area contributed by atoms with Gasteiger partial charge in [0.15, 0.2) is 0 Å². The van der Waals surface area contributed by atoms with Crippen LogP contribution in [-0.4, -0.2) is 42.6 Å². The first-order chi connectivity index (χ1) is 14.7. The number of benzene rings is 2. The van der Waals surface area contributed by atoms with Crippen molar-refractivity contribution in [3.63, 3.8) is 0 Å². The predicted molar refractivity (Wildman–Crippen MR) is 114 cm³/mol. The summed E-state index contributed by atoms with van der Waals surface area (Å²) in [6.45, 7) is 0.434. The van der Waals surface area contributed by atoms with Crippen LogP contribution in [0.25, 0.3) is 27.8 Å². The number of para-hydroxylation sites is 1. The summed E-state index contributed by atoms with van der Waals surface area (Å²) in [5.41, 5.74) is 4.47. The summed E-state index contributed by atoms with van der Waals surface area (Å²) in [6.07, 6.45) is 3.46. The monoisotopic (exact) mass is 394 g/mol. The molecular formula is C23H18N6O. The first kappa shape index (κ1) is 17.9. The van der Waals surface area contributed by atoms with Gasteiger partial charge in [-0.3, -0.25) is 14.3 Å². The van der Waals surface area contributed by atoms with E-state index in [1.807, 2.05) is 65.2 Å². The molecule has 2 aromatic carbocycles. The Morgan fingerprint density at radius 3 is 2.60 bits per heavy atom. The van der Waals surface area contributed by atoms with Crippen molar-refractivity contribution >= 4 is 28.0 Å². The third-order valence-corrected chi connectivity index (χ3v) is 5.01. The van der Waals surface area contributed by atoms with Gasteiger partial charge in [0, 0.05) is 29.9 Å². The minimum absolute atomic E-state index is 0.0849. The van der Waals surface area contributed by atoms with Crippen molar-refractivity contribution in [3.05, 3.63) is 90.5 Å². The number of amides is 1. The third-order valence-electron chi connectivity index (χ3n) is 5.01. The average Bonchev–Trinajstić information content (AvgIpc) is 3.24. The molecule has 3 aromatic heterocycles. The van der Waals surface area contributed by atoms with Gasteiger partial charge in [0.2, 0.25) is 5.65 Å². The molecule has 7 nitrogen and oxygen atoms in total. The van der Waals surface area contributed by atoms with Gasteiger partial charge >= 0.3 is 0 Å². The van der Waals surface area contributed by atoms with Crippen LogP contribution in [0.5, 0.6) is 0 Å². The van der Waals surface area contributed by atoms with Gasteiger partial charge < -0.3 is 4.90 Å². The normalized spacial score (nSPS) is 11.1. The van der Waals surface area contributed by atoms with E-state index >= 15 is 0 Å². The van der Waals surface area contributed by atoms with Crippen molar-refractivity contribution in [2.24, 2.45) is 0 Å². The molecule has 3 heterocycles. The molecule has 0 aliphatic carbocycles. The molecule has 146 valence electrons. The Morgan fingerprint density at radius 1 is 0.967 bits per heavy atom. The second-order valence-corrected chi connectivity index (χ2v) is 7.04. The van der Waals surface area contributed by atoms with Crippen LogP contribution in [-0.2, 0) is 6.54 Å². The Hall–Kier alpha value is -4.13. The molecule has 0 fully saturated rings. The predicted octanol–water partition coefficient (Wildman–Crippen LogP) is 3.64. The highest BCUT2D eigenvalue weighted by Gasteiger charge is 2.16. The summed E-state index contributed by atoms with van der Waals surface area (Å²) < 4.78 is 1.97. The summed E-state index contributed by atoms with van der Waals surface area (Å²) >= 11 is 0. The van der Waals surface area contributed by atoms with Crippen molar-refractivity contribution < 1.29 is 4.79 Å². The van der Waals surface area contributed by atoms with Gasteiger partial charge in [0.25, 0.3) is 5.91 Å². The van der Waals surface area contributed by atoms with E-state index in [1.165, 1.54) is 0 Å². The number of rotatable bonds is 4.